The van der Waals surface area contributed by atoms with Gasteiger partial charge in [0.05, 0.1) is 22.2 Å². The number of nitriles is 1. The van der Waals surface area contributed by atoms with E-state index in [1.807, 2.05) is 62.9 Å². The fraction of sp³-hybridized carbons (Fsp3) is 0.333. The van der Waals surface area contributed by atoms with E-state index in [1.165, 1.54) is 11.3 Å². The zero-order valence-electron chi connectivity index (χ0n) is 18.6. The van der Waals surface area contributed by atoms with E-state index in [9.17, 15) is 10.1 Å². The minimum Gasteiger partial charge on any atom is -0.317 e. The zero-order chi connectivity index (χ0) is 22.8. The van der Waals surface area contributed by atoms with Gasteiger partial charge in [0.15, 0.2) is 5.13 Å². The Morgan fingerprint density at radius 2 is 1.81 bits per heavy atom. The van der Waals surface area contributed by atoms with E-state index in [0.29, 0.717) is 10.7 Å². The molecule has 2 amide bonds. The van der Waals surface area contributed by atoms with Gasteiger partial charge >= 0.3 is 6.03 Å². The molecular formula is C24H26N6OS. The van der Waals surface area contributed by atoms with Gasteiger partial charge in [-0.1, -0.05) is 23.5 Å². The van der Waals surface area contributed by atoms with Gasteiger partial charge < -0.3 is 10.2 Å². The molecule has 1 aliphatic rings. The summed E-state index contributed by atoms with van der Waals surface area (Å²) < 4.78 is 0. The molecule has 2 aromatic heterocycles. The van der Waals surface area contributed by atoms with Crippen LogP contribution in [-0.2, 0) is 0 Å². The maximum Gasteiger partial charge on any atom is 0.324 e. The number of aromatic nitrogens is 2. The standard InChI is InChI=1S/C24H26N6OS/c1-14-8-20(9-15(2)27-14)22-21(19-7-5-6-18(10-19)11-25)28-23(32-22)29-24(31)30-16(3)12-26-13-17(30)4/h5-10,16-17,26H,12-13H2,1-4H3,(H,28,29,31). The van der Waals surface area contributed by atoms with Crippen LogP contribution in [0, 0.1) is 25.2 Å². The Morgan fingerprint density at radius 3 is 2.47 bits per heavy atom. The van der Waals surface area contributed by atoms with Crippen LogP contribution in [0.4, 0.5) is 9.93 Å². The molecule has 7 nitrogen and oxygen atoms in total. The number of piperazine rings is 1. The minimum absolute atomic E-state index is 0.0930. The summed E-state index contributed by atoms with van der Waals surface area (Å²) in [5.41, 5.74) is 4.98. The van der Waals surface area contributed by atoms with Crippen molar-refractivity contribution in [2.24, 2.45) is 0 Å². The fourth-order valence-electron chi connectivity index (χ4n) is 4.16. The smallest absolute Gasteiger partial charge is 0.317 e. The van der Waals surface area contributed by atoms with E-state index in [4.69, 9.17) is 4.98 Å². The fourth-order valence-corrected chi connectivity index (χ4v) is 5.12. The van der Waals surface area contributed by atoms with Crippen LogP contribution in [0.1, 0.15) is 30.8 Å². The number of hydrogen-bond acceptors (Lipinski definition) is 6. The molecule has 1 fully saturated rings. The quantitative estimate of drug-likeness (QED) is 0.614. The average molecular weight is 447 g/mol. The Balaban J connectivity index is 1.75. The Kier molecular flexibility index (Phi) is 6.21. The molecule has 0 radical (unpaired) electrons. The van der Waals surface area contributed by atoms with Crippen LogP contribution in [0.3, 0.4) is 0 Å². The van der Waals surface area contributed by atoms with Gasteiger partial charge in [0, 0.05) is 42.1 Å². The monoisotopic (exact) mass is 446 g/mol. The molecule has 32 heavy (non-hydrogen) atoms. The molecule has 0 aliphatic carbocycles. The van der Waals surface area contributed by atoms with Gasteiger partial charge in [-0.05, 0) is 57.5 Å². The SMILES string of the molecule is Cc1cc(-c2sc(NC(=O)N3C(C)CNCC3C)nc2-c2cccc(C#N)c2)cc(C)n1. The van der Waals surface area contributed by atoms with Crippen molar-refractivity contribution in [1.29, 1.82) is 5.26 Å². The second-order valence-corrected chi connectivity index (χ2v) is 9.22. The molecule has 164 valence electrons. The summed E-state index contributed by atoms with van der Waals surface area (Å²) in [5.74, 6) is 0. The third-order valence-electron chi connectivity index (χ3n) is 5.51. The van der Waals surface area contributed by atoms with Crippen LogP contribution in [0.2, 0.25) is 0 Å². The molecule has 0 bridgehead atoms. The summed E-state index contributed by atoms with van der Waals surface area (Å²) in [7, 11) is 0. The lowest BCUT2D eigenvalue weighted by molar-refractivity contribution is 0.143. The van der Waals surface area contributed by atoms with Crippen LogP contribution in [0.25, 0.3) is 21.7 Å². The highest BCUT2D eigenvalue weighted by atomic mass is 32.1. The molecule has 8 heteroatoms. The number of anilines is 1. The van der Waals surface area contributed by atoms with Gasteiger partial charge in [0.1, 0.15) is 0 Å². The van der Waals surface area contributed by atoms with E-state index in [0.717, 1.165) is 46.2 Å². The van der Waals surface area contributed by atoms with Crippen molar-refractivity contribution < 1.29 is 4.79 Å². The average Bonchev–Trinajstić information content (AvgIpc) is 3.17. The first-order chi connectivity index (χ1) is 15.4. The Labute approximate surface area is 192 Å². The van der Waals surface area contributed by atoms with Gasteiger partial charge in [-0.2, -0.15) is 5.26 Å². The number of urea groups is 1. The van der Waals surface area contributed by atoms with Gasteiger partial charge in [-0.15, -0.1) is 0 Å². The minimum atomic E-state index is -0.147. The van der Waals surface area contributed by atoms with Crippen molar-refractivity contribution >= 4 is 22.5 Å². The number of benzene rings is 1. The molecule has 4 rings (SSSR count). The number of aryl methyl sites for hydroxylation is 2. The van der Waals surface area contributed by atoms with Gasteiger partial charge in [-0.25, -0.2) is 9.78 Å². The normalized spacial score (nSPS) is 18.3. The lowest BCUT2D eigenvalue weighted by Crippen LogP contribution is -2.58. The van der Waals surface area contributed by atoms with Crippen molar-refractivity contribution in [3.63, 3.8) is 0 Å². The number of thiazole rings is 1. The maximum atomic E-state index is 13.1. The predicted molar refractivity (Wildman–Crippen MR) is 128 cm³/mol. The van der Waals surface area contributed by atoms with Gasteiger partial charge in [0.2, 0.25) is 0 Å². The molecular weight excluding hydrogens is 420 g/mol. The van der Waals surface area contributed by atoms with Crippen LogP contribution in [-0.4, -0.2) is 46.1 Å². The molecule has 3 aromatic rings. The molecule has 0 spiro atoms. The first-order valence-electron chi connectivity index (χ1n) is 10.6. The van der Waals surface area contributed by atoms with E-state index in [1.54, 1.807) is 6.07 Å². The van der Waals surface area contributed by atoms with Gasteiger partial charge in [0.25, 0.3) is 0 Å². The third kappa shape index (κ3) is 4.49. The van der Waals surface area contributed by atoms with Crippen LogP contribution < -0.4 is 10.6 Å². The second kappa shape index (κ2) is 9.07. The molecule has 0 saturated carbocycles. The molecule has 2 unspecified atom stereocenters. The van der Waals surface area contributed by atoms with Crippen LogP contribution >= 0.6 is 11.3 Å². The number of hydrogen-bond donors (Lipinski definition) is 2. The Hall–Kier alpha value is -3.28. The lowest BCUT2D eigenvalue weighted by atomic mass is 10.0. The summed E-state index contributed by atoms with van der Waals surface area (Å²) in [6, 6.07) is 13.6. The highest BCUT2D eigenvalue weighted by molar-refractivity contribution is 7.19. The van der Waals surface area contributed by atoms with Crippen molar-refractivity contribution in [3.8, 4) is 27.8 Å². The maximum absolute atomic E-state index is 13.1. The highest BCUT2D eigenvalue weighted by Crippen LogP contribution is 2.39. The Morgan fingerprint density at radius 1 is 1.12 bits per heavy atom. The second-order valence-electron chi connectivity index (χ2n) is 8.22. The summed E-state index contributed by atoms with van der Waals surface area (Å²) in [6.07, 6.45) is 0. The summed E-state index contributed by atoms with van der Waals surface area (Å²) >= 11 is 1.44. The van der Waals surface area contributed by atoms with Crippen molar-refractivity contribution in [1.82, 2.24) is 20.2 Å². The van der Waals surface area contributed by atoms with Crippen molar-refractivity contribution in [3.05, 3.63) is 53.3 Å². The number of carbonyl (C=O) groups excluding carboxylic acids is 1. The summed E-state index contributed by atoms with van der Waals surface area (Å²) in [6.45, 7) is 9.53. The highest BCUT2D eigenvalue weighted by Gasteiger charge is 2.29. The molecule has 3 heterocycles. The number of nitrogens with zero attached hydrogens (tertiary/aromatic N) is 4. The van der Waals surface area contributed by atoms with Crippen molar-refractivity contribution in [2.45, 2.75) is 39.8 Å². The van der Waals surface area contributed by atoms with E-state index in [2.05, 4.69) is 21.7 Å². The molecule has 1 aromatic carbocycles. The first-order valence-corrected chi connectivity index (χ1v) is 11.4. The topological polar surface area (TPSA) is 93.9 Å². The molecule has 1 saturated heterocycles. The largest absolute Gasteiger partial charge is 0.324 e. The number of pyridine rings is 1. The third-order valence-corrected chi connectivity index (χ3v) is 6.53. The molecule has 1 aliphatic heterocycles. The van der Waals surface area contributed by atoms with Crippen molar-refractivity contribution in [2.75, 3.05) is 18.4 Å². The summed E-state index contributed by atoms with van der Waals surface area (Å²) in [4.78, 5) is 25.2. The first kappa shape index (κ1) is 21.9. The van der Waals surface area contributed by atoms with Gasteiger partial charge in [-0.3, -0.25) is 10.3 Å². The van der Waals surface area contributed by atoms with E-state index in [-0.39, 0.29) is 18.1 Å². The molecule has 2 atom stereocenters. The number of carbonyl (C=O) groups is 1. The molecule has 2 N–H and O–H groups in total. The number of rotatable bonds is 3. The number of nitrogens with one attached hydrogen (secondary N) is 2. The number of amides is 2. The Bertz CT molecular complexity index is 1170. The zero-order valence-corrected chi connectivity index (χ0v) is 19.5. The van der Waals surface area contributed by atoms with E-state index >= 15 is 0 Å². The lowest BCUT2D eigenvalue weighted by Gasteiger charge is -2.39. The van der Waals surface area contributed by atoms with Crippen LogP contribution in [0.5, 0.6) is 0 Å². The van der Waals surface area contributed by atoms with Crippen LogP contribution in [0.15, 0.2) is 36.4 Å². The predicted octanol–water partition coefficient (Wildman–Crippen LogP) is 4.57. The van der Waals surface area contributed by atoms with E-state index < -0.39 is 0 Å². The summed E-state index contributed by atoms with van der Waals surface area (Å²) in [5, 5.41) is 16.2.